The van der Waals surface area contributed by atoms with E-state index in [1.54, 1.807) is 7.05 Å². The number of guanidine groups is 1. The second-order valence-corrected chi connectivity index (χ2v) is 6.56. The second kappa shape index (κ2) is 11.8. The van der Waals surface area contributed by atoms with Crippen LogP contribution in [0.15, 0.2) is 53.7 Å². The number of aliphatic imine (C=N–C) groups is 1. The van der Waals surface area contributed by atoms with Gasteiger partial charge in [-0.05, 0) is 43.9 Å². The van der Waals surface area contributed by atoms with Crippen LogP contribution in [0.4, 0.5) is 0 Å². The zero-order chi connectivity index (χ0) is 18.0. The molecule has 5 nitrogen and oxygen atoms in total. The zero-order valence-corrected chi connectivity index (χ0v) is 18.2. The summed E-state index contributed by atoms with van der Waals surface area (Å²) >= 11 is 0. The summed E-state index contributed by atoms with van der Waals surface area (Å²) in [6.07, 6.45) is 7.94. The number of benzene rings is 1. The topological polar surface area (TPSA) is 58.5 Å². The lowest BCUT2D eigenvalue weighted by atomic mass is 10.2. The summed E-state index contributed by atoms with van der Waals surface area (Å²) in [6.45, 7) is 1.48. The highest BCUT2D eigenvalue weighted by molar-refractivity contribution is 14.0. The van der Waals surface area contributed by atoms with Gasteiger partial charge in [0.05, 0.1) is 6.10 Å². The molecule has 1 aromatic heterocycles. The highest BCUT2D eigenvalue weighted by Gasteiger charge is 2.17. The van der Waals surface area contributed by atoms with Gasteiger partial charge in [0.2, 0.25) is 0 Å². The van der Waals surface area contributed by atoms with Crippen molar-refractivity contribution >= 4 is 29.9 Å². The fourth-order valence-corrected chi connectivity index (χ4v) is 3.21. The SMILES string of the molecule is CN=C(NCCc1ccccn1)NCc1ccccc1OC1CCCC1.I. The van der Waals surface area contributed by atoms with Gasteiger partial charge in [0, 0.05) is 44.0 Å². The van der Waals surface area contributed by atoms with Crippen molar-refractivity contribution in [3.05, 3.63) is 59.9 Å². The number of pyridine rings is 1. The first-order valence-corrected chi connectivity index (χ1v) is 9.44. The van der Waals surface area contributed by atoms with Gasteiger partial charge in [-0.2, -0.15) is 0 Å². The van der Waals surface area contributed by atoms with Crippen LogP contribution in [0.25, 0.3) is 0 Å². The van der Waals surface area contributed by atoms with Crippen molar-refractivity contribution in [3.63, 3.8) is 0 Å². The van der Waals surface area contributed by atoms with Crippen LogP contribution in [0.2, 0.25) is 0 Å². The van der Waals surface area contributed by atoms with Crippen LogP contribution >= 0.6 is 24.0 Å². The Hall–Kier alpha value is -1.83. The van der Waals surface area contributed by atoms with Crippen molar-refractivity contribution in [1.82, 2.24) is 15.6 Å². The Morgan fingerprint density at radius 2 is 1.89 bits per heavy atom. The van der Waals surface area contributed by atoms with Gasteiger partial charge >= 0.3 is 0 Å². The molecule has 0 amide bonds. The minimum Gasteiger partial charge on any atom is -0.490 e. The molecule has 0 unspecified atom stereocenters. The van der Waals surface area contributed by atoms with E-state index in [4.69, 9.17) is 4.74 Å². The Kier molecular flexibility index (Phi) is 9.38. The third-order valence-electron chi connectivity index (χ3n) is 4.64. The molecule has 0 aliphatic heterocycles. The monoisotopic (exact) mass is 480 g/mol. The lowest BCUT2D eigenvalue weighted by molar-refractivity contribution is 0.208. The molecular formula is C21H29IN4O. The van der Waals surface area contributed by atoms with Crippen molar-refractivity contribution in [2.75, 3.05) is 13.6 Å². The van der Waals surface area contributed by atoms with Crippen LogP contribution < -0.4 is 15.4 Å². The summed E-state index contributed by atoms with van der Waals surface area (Å²) in [7, 11) is 1.79. The summed E-state index contributed by atoms with van der Waals surface area (Å²) < 4.78 is 6.20. The standard InChI is InChI=1S/C21H28N4O.HI/c1-22-21(24-15-13-18-9-6-7-14-23-18)25-16-17-8-2-5-12-20(17)26-19-10-3-4-11-19;/h2,5-9,12,14,19H,3-4,10-11,13,15-16H2,1H3,(H2,22,24,25);1H. The highest BCUT2D eigenvalue weighted by Crippen LogP contribution is 2.26. The van der Waals surface area contributed by atoms with Gasteiger partial charge in [-0.1, -0.05) is 24.3 Å². The van der Waals surface area contributed by atoms with Crippen molar-refractivity contribution in [2.45, 2.75) is 44.8 Å². The zero-order valence-electron chi connectivity index (χ0n) is 15.9. The molecule has 0 radical (unpaired) electrons. The average molecular weight is 480 g/mol. The molecule has 3 rings (SSSR count). The maximum Gasteiger partial charge on any atom is 0.191 e. The number of hydrogen-bond acceptors (Lipinski definition) is 3. The van der Waals surface area contributed by atoms with E-state index in [1.165, 1.54) is 25.7 Å². The number of para-hydroxylation sites is 1. The fraction of sp³-hybridized carbons (Fsp3) is 0.429. The first kappa shape index (κ1) is 21.5. The number of rotatable bonds is 7. The lowest BCUT2D eigenvalue weighted by Crippen LogP contribution is -2.38. The van der Waals surface area contributed by atoms with Crippen LogP contribution in [0.3, 0.4) is 0 Å². The molecule has 1 fully saturated rings. The summed E-state index contributed by atoms with van der Waals surface area (Å²) in [5.74, 6) is 1.77. The minimum atomic E-state index is 0. The van der Waals surface area contributed by atoms with Gasteiger partial charge in [0.25, 0.3) is 0 Å². The first-order valence-electron chi connectivity index (χ1n) is 9.44. The number of hydrogen-bond donors (Lipinski definition) is 2. The van der Waals surface area contributed by atoms with Gasteiger partial charge in [-0.25, -0.2) is 0 Å². The van der Waals surface area contributed by atoms with Crippen molar-refractivity contribution in [1.29, 1.82) is 0 Å². The normalized spacial score (nSPS) is 14.5. The lowest BCUT2D eigenvalue weighted by Gasteiger charge is -2.18. The third-order valence-corrected chi connectivity index (χ3v) is 4.64. The number of nitrogens with zero attached hydrogens (tertiary/aromatic N) is 2. The maximum absolute atomic E-state index is 6.20. The van der Waals surface area contributed by atoms with Gasteiger partial charge in [0.1, 0.15) is 5.75 Å². The Morgan fingerprint density at radius 3 is 2.63 bits per heavy atom. The molecule has 27 heavy (non-hydrogen) atoms. The maximum atomic E-state index is 6.20. The summed E-state index contributed by atoms with van der Waals surface area (Å²) in [5.41, 5.74) is 2.23. The van der Waals surface area contributed by atoms with Crippen molar-refractivity contribution in [2.24, 2.45) is 4.99 Å². The van der Waals surface area contributed by atoms with Crippen LogP contribution in [-0.4, -0.2) is 30.6 Å². The van der Waals surface area contributed by atoms with Crippen LogP contribution in [-0.2, 0) is 13.0 Å². The largest absolute Gasteiger partial charge is 0.490 e. The van der Waals surface area contributed by atoms with Crippen LogP contribution in [0.1, 0.15) is 36.9 Å². The summed E-state index contributed by atoms with van der Waals surface area (Å²) in [5, 5.41) is 6.71. The Labute approximate surface area is 179 Å². The molecule has 0 bridgehead atoms. The molecule has 2 N–H and O–H groups in total. The van der Waals surface area contributed by atoms with E-state index < -0.39 is 0 Å². The highest BCUT2D eigenvalue weighted by atomic mass is 127. The first-order chi connectivity index (χ1) is 12.8. The van der Waals surface area contributed by atoms with E-state index in [1.807, 2.05) is 30.5 Å². The van der Waals surface area contributed by atoms with Gasteiger partial charge < -0.3 is 15.4 Å². The number of nitrogens with one attached hydrogen (secondary N) is 2. The van der Waals surface area contributed by atoms with E-state index in [0.29, 0.717) is 12.6 Å². The summed E-state index contributed by atoms with van der Waals surface area (Å²) in [6, 6.07) is 14.2. The number of halogens is 1. The number of aromatic nitrogens is 1. The Morgan fingerprint density at radius 1 is 1.11 bits per heavy atom. The van der Waals surface area contributed by atoms with Crippen LogP contribution in [0, 0.1) is 0 Å². The van der Waals surface area contributed by atoms with Gasteiger partial charge in [-0.3, -0.25) is 9.98 Å². The molecular weight excluding hydrogens is 451 g/mol. The fourth-order valence-electron chi connectivity index (χ4n) is 3.21. The van der Waals surface area contributed by atoms with Gasteiger partial charge in [0.15, 0.2) is 5.96 Å². The molecule has 1 aliphatic carbocycles. The Balaban J connectivity index is 0.00000261. The van der Waals surface area contributed by atoms with E-state index in [9.17, 15) is 0 Å². The molecule has 146 valence electrons. The van der Waals surface area contributed by atoms with Gasteiger partial charge in [-0.15, -0.1) is 24.0 Å². The molecule has 2 aromatic rings. The quantitative estimate of drug-likeness (QED) is 0.358. The smallest absolute Gasteiger partial charge is 0.191 e. The molecule has 1 aromatic carbocycles. The predicted octanol–water partition coefficient (Wildman–Crippen LogP) is 3.93. The predicted molar refractivity (Wildman–Crippen MR) is 121 cm³/mol. The van der Waals surface area contributed by atoms with Crippen LogP contribution in [0.5, 0.6) is 5.75 Å². The minimum absolute atomic E-state index is 0. The van der Waals surface area contributed by atoms with E-state index in [2.05, 4.69) is 38.8 Å². The van der Waals surface area contributed by atoms with Crippen molar-refractivity contribution < 1.29 is 4.74 Å². The Bertz CT molecular complexity index is 702. The van der Waals surface area contributed by atoms with E-state index >= 15 is 0 Å². The molecule has 1 saturated carbocycles. The molecule has 6 heteroatoms. The number of ether oxygens (including phenoxy) is 1. The molecule has 0 spiro atoms. The summed E-state index contributed by atoms with van der Waals surface area (Å²) in [4.78, 5) is 8.64. The third kappa shape index (κ3) is 7.01. The molecule has 0 atom stereocenters. The average Bonchev–Trinajstić information content (AvgIpc) is 3.19. The van der Waals surface area contributed by atoms with E-state index in [0.717, 1.165) is 35.9 Å². The molecule has 1 aliphatic rings. The molecule has 1 heterocycles. The van der Waals surface area contributed by atoms with Crippen molar-refractivity contribution in [3.8, 4) is 5.75 Å². The van der Waals surface area contributed by atoms with E-state index in [-0.39, 0.29) is 24.0 Å². The molecule has 0 saturated heterocycles. The second-order valence-electron chi connectivity index (χ2n) is 6.56.